The molecule has 0 saturated carbocycles. The molecule has 1 fully saturated rings. The number of allylic oxidation sites excluding steroid dienone is 1. The van der Waals surface area contributed by atoms with E-state index in [1.54, 1.807) is 0 Å². The molecule has 1 saturated heterocycles. The van der Waals surface area contributed by atoms with E-state index in [2.05, 4.69) is 29.5 Å². The minimum atomic E-state index is -0.828. The van der Waals surface area contributed by atoms with Crippen LogP contribution in [0.4, 0.5) is 0 Å². The molecule has 0 spiro atoms. The fourth-order valence-electron chi connectivity index (χ4n) is 2.28. The van der Waals surface area contributed by atoms with Crippen LogP contribution in [0.1, 0.15) is 19.8 Å². The van der Waals surface area contributed by atoms with E-state index in [4.69, 9.17) is 9.84 Å². The average molecular weight is 308 g/mol. The number of hydrogen-bond donors (Lipinski definition) is 1. The number of fused-ring (bicyclic) bond motifs is 2. The Hall–Kier alpha value is -0.100. The summed E-state index contributed by atoms with van der Waals surface area (Å²) in [4.78, 5) is 10.9. The summed E-state index contributed by atoms with van der Waals surface area (Å²) in [7, 11) is 0. The van der Waals surface area contributed by atoms with Crippen LogP contribution in [0.15, 0.2) is 11.6 Å². The molecule has 2 aliphatic rings. The predicted molar refractivity (Wildman–Crippen MR) is 60.6 cm³/mol. The van der Waals surface area contributed by atoms with Gasteiger partial charge < -0.3 is 9.84 Å². The normalized spacial score (nSPS) is 40.9. The smallest absolute Gasteiger partial charge is 0.333 e. The summed E-state index contributed by atoms with van der Waals surface area (Å²) < 4.78 is 6.76. The van der Waals surface area contributed by atoms with Gasteiger partial charge in [-0.2, -0.15) is 0 Å². The first kappa shape index (κ1) is 10.4. The van der Waals surface area contributed by atoms with E-state index in [1.807, 2.05) is 6.08 Å². The van der Waals surface area contributed by atoms with Crippen molar-refractivity contribution in [3.05, 3.63) is 11.6 Å². The minimum Gasteiger partial charge on any atom is -0.478 e. The third-order valence-electron chi connectivity index (χ3n) is 3.26. The molecule has 1 aliphatic heterocycles. The maximum absolute atomic E-state index is 10.9. The van der Waals surface area contributed by atoms with Crippen LogP contribution < -0.4 is 0 Å². The highest BCUT2D eigenvalue weighted by Crippen LogP contribution is 2.45. The lowest BCUT2D eigenvalue weighted by molar-refractivity contribution is -0.134. The fraction of sp³-hybridized carbons (Fsp3) is 0.700. The summed E-state index contributed by atoms with van der Waals surface area (Å²) in [5.41, 5.74) is 0.327. The number of carboxylic acid groups (broad SMARTS) is 1. The van der Waals surface area contributed by atoms with E-state index in [-0.39, 0.29) is 11.7 Å². The number of alkyl halides is 1. The van der Waals surface area contributed by atoms with Crippen molar-refractivity contribution in [1.82, 2.24) is 0 Å². The molecule has 0 aromatic carbocycles. The molecule has 0 radical (unpaired) electrons. The predicted octanol–water partition coefficient (Wildman–Crippen LogP) is 2.00. The van der Waals surface area contributed by atoms with Gasteiger partial charge in [0.2, 0.25) is 0 Å². The van der Waals surface area contributed by atoms with Gasteiger partial charge in [-0.15, -0.1) is 0 Å². The molecule has 1 heterocycles. The maximum atomic E-state index is 10.9. The SMILES string of the molecule is C[C@]1(CI)O[C@@H]2C[C@H]1CC=C2C(=O)O. The highest BCUT2D eigenvalue weighted by molar-refractivity contribution is 14.1. The number of halogens is 1. The van der Waals surface area contributed by atoms with Gasteiger partial charge >= 0.3 is 5.97 Å². The van der Waals surface area contributed by atoms with Crippen LogP contribution in [0.25, 0.3) is 0 Å². The van der Waals surface area contributed by atoms with Crippen molar-refractivity contribution in [1.29, 1.82) is 0 Å². The van der Waals surface area contributed by atoms with Gasteiger partial charge in [0.15, 0.2) is 0 Å². The van der Waals surface area contributed by atoms with Gasteiger partial charge in [0.05, 0.1) is 17.3 Å². The summed E-state index contributed by atoms with van der Waals surface area (Å²) in [5.74, 6) is -0.335. The van der Waals surface area contributed by atoms with E-state index in [0.29, 0.717) is 11.5 Å². The second kappa shape index (κ2) is 3.48. The zero-order valence-electron chi connectivity index (χ0n) is 8.00. The van der Waals surface area contributed by atoms with Crippen molar-refractivity contribution < 1.29 is 14.6 Å². The van der Waals surface area contributed by atoms with Crippen LogP contribution in [0.2, 0.25) is 0 Å². The van der Waals surface area contributed by atoms with Crippen LogP contribution in [-0.4, -0.2) is 27.2 Å². The van der Waals surface area contributed by atoms with Crippen molar-refractivity contribution in [2.45, 2.75) is 31.5 Å². The molecule has 3 nitrogen and oxygen atoms in total. The molecule has 0 aromatic rings. The number of ether oxygens (including phenoxy) is 1. The molecular weight excluding hydrogens is 295 g/mol. The van der Waals surface area contributed by atoms with Gasteiger partial charge in [-0.05, 0) is 25.7 Å². The molecule has 0 amide bonds. The largest absolute Gasteiger partial charge is 0.478 e. The summed E-state index contributed by atoms with van der Waals surface area (Å²) in [6.07, 6.45) is 3.37. The minimum absolute atomic E-state index is 0.126. The number of carboxylic acids is 1. The number of aliphatic carboxylic acids is 1. The molecule has 0 unspecified atom stereocenters. The standard InChI is InChI=1S/C10H13IO3/c1-10(5-11)6-2-3-7(9(12)13)8(4-6)14-10/h3,6,8H,2,4-5H2,1H3,(H,12,13)/t6-,8-,10-/m1/s1. The highest BCUT2D eigenvalue weighted by Gasteiger charge is 2.48. The van der Waals surface area contributed by atoms with Crippen LogP contribution in [0, 0.1) is 5.92 Å². The Kier molecular flexibility index (Phi) is 2.59. The third-order valence-corrected chi connectivity index (χ3v) is 4.77. The molecule has 4 heteroatoms. The fourth-order valence-corrected chi connectivity index (χ4v) is 3.08. The lowest BCUT2D eigenvalue weighted by Crippen LogP contribution is -2.33. The Bertz CT molecular complexity index is 300. The quantitative estimate of drug-likeness (QED) is 0.627. The summed E-state index contributed by atoms with van der Waals surface area (Å²) in [5, 5.41) is 8.95. The Labute approximate surface area is 96.7 Å². The molecule has 2 rings (SSSR count). The lowest BCUT2D eigenvalue weighted by Gasteiger charge is -2.26. The van der Waals surface area contributed by atoms with E-state index in [0.717, 1.165) is 17.3 Å². The second-order valence-corrected chi connectivity index (χ2v) is 4.95. The van der Waals surface area contributed by atoms with E-state index in [1.165, 1.54) is 0 Å². The summed E-state index contributed by atoms with van der Waals surface area (Å²) in [6.45, 7) is 2.09. The Morgan fingerprint density at radius 1 is 1.86 bits per heavy atom. The van der Waals surface area contributed by atoms with Gasteiger partial charge in [0.1, 0.15) is 0 Å². The van der Waals surface area contributed by atoms with Gasteiger partial charge in [-0.3, -0.25) is 0 Å². The Morgan fingerprint density at radius 3 is 3.14 bits per heavy atom. The van der Waals surface area contributed by atoms with Gasteiger partial charge in [0.25, 0.3) is 0 Å². The first-order chi connectivity index (χ1) is 6.57. The Balaban J connectivity index is 2.22. The van der Waals surface area contributed by atoms with Crippen molar-refractivity contribution in [3.63, 3.8) is 0 Å². The zero-order chi connectivity index (χ0) is 10.3. The highest BCUT2D eigenvalue weighted by atomic mass is 127. The van der Waals surface area contributed by atoms with Gasteiger partial charge in [0, 0.05) is 4.43 Å². The average Bonchev–Trinajstić information content (AvgIpc) is 2.40. The van der Waals surface area contributed by atoms with Gasteiger partial charge in [-0.1, -0.05) is 28.7 Å². The molecular formula is C10H13IO3. The van der Waals surface area contributed by atoms with E-state index >= 15 is 0 Å². The second-order valence-electron chi connectivity index (χ2n) is 4.19. The van der Waals surface area contributed by atoms with Gasteiger partial charge in [-0.25, -0.2) is 4.79 Å². The van der Waals surface area contributed by atoms with Crippen molar-refractivity contribution >= 4 is 28.6 Å². The molecule has 1 aliphatic carbocycles. The molecule has 1 N–H and O–H groups in total. The monoisotopic (exact) mass is 308 g/mol. The van der Waals surface area contributed by atoms with Crippen molar-refractivity contribution in [3.8, 4) is 0 Å². The molecule has 14 heavy (non-hydrogen) atoms. The summed E-state index contributed by atoms with van der Waals surface area (Å²) >= 11 is 2.31. The first-order valence-electron chi connectivity index (χ1n) is 4.74. The van der Waals surface area contributed by atoms with Crippen LogP contribution in [0.5, 0.6) is 0 Å². The maximum Gasteiger partial charge on any atom is 0.333 e. The molecule has 78 valence electrons. The van der Waals surface area contributed by atoms with Crippen LogP contribution in [-0.2, 0) is 9.53 Å². The first-order valence-corrected chi connectivity index (χ1v) is 6.26. The topological polar surface area (TPSA) is 46.5 Å². The van der Waals surface area contributed by atoms with E-state index < -0.39 is 5.97 Å². The molecule has 0 aromatic heterocycles. The van der Waals surface area contributed by atoms with E-state index in [9.17, 15) is 4.79 Å². The van der Waals surface area contributed by atoms with Crippen molar-refractivity contribution in [2.75, 3.05) is 4.43 Å². The zero-order valence-corrected chi connectivity index (χ0v) is 10.2. The number of hydrogen-bond acceptors (Lipinski definition) is 2. The third kappa shape index (κ3) is 1.48. The molecule has 2 bridgehead atoms. The number of carbonyl (C=O) groups is 1. The Morgan fingerprint density at radius 2 is 2.57 bits per heavy atom. The summed E-state index contributed by atoms with van der Waals surface area (Å²) in [6, 6.07) is 0. The molecule has 3 atom stereocenters. The lowest BCUT2D eigenvalue weighted by atomic mass is 9.82. The van der Waals surface area contributed by atoms with Crippen molar-refractivity contribution in [2.24, 2.45) is 5.92 Å². The van der Waals surface area contributed by atoms with Crippen LogP contribution >= 0.6 is 22.6 Å². The van der Waals surface area contributed by atoms with Crippen LogP contribution in [0.3, 0.4) is 0 Å². The number of rotatable bonds is 2.